The van der Waals surface area contributed by atoms with Crippen molar-refractivity contribution < 1.29 is 5.11 Å². The van der Waals surface area contributed by atoms with Gasteiger partial charge in [0.15, 0.2) is 0 Å². The van der Waals surface area contributed by atoms with Crippen LogP contribution in [0.1, 0.15) is 18.2 Å². The Kier molecular flexibility index (Phi) is 2.39. The van der Waals surface area contributed by atoms with E-state index in [4.69, 9.17) is 5.11 Å². The Bertz CT molecular complexity index is 268. The third-order valence-electron chi connectivity index (χ3n) is 1.47. The molecular weight excluding hydrogens is 138 g/mol. The molecule has 1 aromatic heterocycles. The number of aliphatic hydroxyl groups is 1. The zero-order valence-electron chi connectivity index (χ0n) is 6.54. The van der Waals surface area contributed by atoms with Crippen LogP contribution in [0.2, 0.25) is 0 Å². The van der Waals surface area contributed by atoms with E-state index in [0.29, 0.717) is 0 Å². The molecule has 2 nitrogen and oxygen atoms in total. The first-order valence-electron chi connectivity index (χ1n) is 3.46. The van der Waals surface area contributed by atoms with Crippen molar-refractivity contribution in [3.63, 3.8) is 0 Å². The minimum Gasteiger partial charge on any atom is -0.392 e. The van der Waals surface area contributed by atoms with Crippen LogP contribution in [0.4, 0.5) is 0 Å². The van der Waals surface area contributed by atoms with Crippen LogP contribution in [0.15, 0.2) is 24.9 Å². The molecule has 0 fully saturated rings. The van der Waals surface area contributed by atoms with Gasteiger partial charge in [-0.2, -0.15) is 0 Å². The summed E-state index contributed by atoms with van der Waals surface area (Å²) in [7, 11) is 0. The second-order valence-electron chi connectivity index (χ2n) is 2.45. The van der Waals surface area contributed by atoms with Crippen molar-refractivity contribution in [3.05, 3.63) is 36.2 Å². The molecule has 0 aliphatic rings. The third-order valence-corrected chi connectivity index (χ3v) is 1.47. The number of rotatable bonds is 2. The van der Waals surface area contributed by atoms with Gasteiger partial charge in [-0.3, -0.25) is 4.98 Å². The third kappa shape index (κ3) is 1.65. The van der Waals surface area contributed by atoms with E-state index < -0.39 is 0 Å². The van der Waals surface area contributed by atoms with Gasteiger partial charge in [0.05, 0.1) is 12.3 Å². The molecule has 1 heterocycles. The first-order valence-corrected chi connectivity index (χ1v) is 3.46. The summed E-state index contributed by atoms with van der Waals surface area (Å²) in [6.45, 7) is 5.66. The Morgan fingerprint density at radius 3 is 2.91 bits per heavy atom. The van der Waals surface area contributed by atoms with Crippen molar-refractivity contribution in [3.8, 4) is 0 Å². The first-order chi connectivity index (χ1) is 5.25. The lowest BCUT2D eigenvalue weighted by molar-refractivity contribution is 0.281. The maximum absolute atomic E-state index is 8.89. The topological polar surface area (TPSA) is 33.1 Å². The number of aromatic nitrogens is 1. The molecule has 0 aliphatic heterocycles. The Hall–Kier alpha value is -1.15. The second kappa shape index (κ2) is 3.30. The summed E-state index contributed by atoms with van der Waals surface area (Å²) >= 11 is 0. The molecule has 0 unspecified atom stereocenters. The number of nitrogens with zero attached hydrogens (tertiary/aromatic N) is 1. The molecule has 0 amide bonds. The van der Waals surface area contributed by atoms with Crippen molar-refractivity contribution in [2.75, 3.05) is 0 Å². The van der Waals surface area contributed by atoms with Crippen LogP contribution in [0.5, 0.6) is 0 Å². The summed E-state index contributed by atoms with van der Waals surface area (Å²) < 4.78 is 0. The normalized spacial score (nSPS) is 9.64. The van der Waals surface area contributed by atoms with Crippen LogP contribution in [-0.4, -0.2) is 10.1 Å². The van der Waals surface area contributed by atoms with E-state index in [-0.39, 0.29) is 6.61 Å². The maximum Gasteiger partial charge on any atom is 0.0707 e. The second-order valence-corrected chi connectivity index (χ2v) is 2.45. The summed E-state index contributed by atoms with van der Waals surface area (Å²) in [5, 5.41) is 8.89. The van der Waals surface area contributed by atoms with E-state index in [0.717, 1.165) is 16.8 Å². The molecule has 0 saturated carbocycles. The van der Waals surface area contributed by atoms with Crippen LogP contribution in [0.25, 0.3) is 5.57 Å². The highest BCUT2D eigenvalue weighted by molar-refractivity contribution is 5.60. The molecular formula is C9H11NO. The van der Waals surface area contributed by atoms with Gasteiger partial charge >= 0.3 is 0 Å². The Morgan fingerprint density at radius 1 is 1.73 bits per heavy atom. The predicted octanol–water partition coefficient (Wildman–Crippen LogP) is 1.61. The molecule has 0 bridgehead atoms. The van der Waals surface area contributed by atoms with Gasteiger partial charge in [-0.15, -0.1) is 0 Å². The zero-order valence-corrected chi connectivity index (χ0v) is 6.54. The Morgan fingerprint density at radius 2 is 2.45 bits per heavy atom. The van der Waals surface area contributed by atoms with E-state index in [2.05, 4.69) is 11.6 Å². The van der Waals surface area contributed by atoms with Crippen LogP contribution in [0, 0.1) is 0 Å². The average Bonchev–Trinajstić information content (AvgIpc) is 2.04. The van der Waals surface area contributed by atoms with Gasteiger partial charge in [0, 0.05) is 11.8 Å². The fraction of sp³-hybridized carbons (Fsp3) is 0.222. The molecule has 1 aromatic rings. The summed E-state index contributed by atoms with van der Waals surface area (Å²) in [6.07, 6.45) is 1.70. The minimum atomic E-state index is 0.0238. The highest BCUT2D eigenvalue weighted by Gasteiger charge is 2.00. The SMILES string of the molecule is C=C(C)c1ncccc1CO. The molecule has 1 N–H and O–H groups in total. The summed E-state index contributed by atoms with van der Waals surface area (Å²) in [6, 6.07) is 3.65. The van der Waals surface area contributed by atoms with Gasteiger partial charge in [-0.1, -0.05) is 12.6 Å². The molecule has 0 spiro atoms. The monoisotopic (exact) mass is 149 g/mol. The number of hydrogen-bond acceptors (Lipinski definition) is 2. The summed E-state index contributed by atoms with van der Waals surface area (Å²) in [5.74, 6) is 0. The van der Waals surface area contributed by atoms with E-state index in [1.807, 2.05) is 13.0 Å². The van der Waals surface area contributed by atoms with E-state index in [9.17, 15) is 0 Å². The molecule has 1 rings (SSSR count). The fourth-order valence-corrected chi connectivity index (χ4v) is 0.950. The van der Waals surface area contributed by atoms with Gasteiger partial charge in [0.25, 0.3) is 0 Å². The van der Waals surface area contributed by atoms with Crippen molar-refractivity contribution in [2.24, 2.45) is 0 Å². The fourth-order valence-electron chi connectivity index (χ4n) is 0.950. The average molecular weight is 149 g/mol. The molecule has 2 heteroatoms. The molecule has 0 atom stereocenters. The molecule has 0 saturated heterocycles. The van der Waals surface area contributed by atoms with Crippen LogP contribution in [-0.2, 0) is 6.61 Å². The molecule has 58 valence electrons. The Balaban J connectivity index is 3.12. The molecule has 0 radical (unpaired) electrons. The predicted molar refractivity (Wildman–Crippen MR) is 44.9 cm³/mol. The van der Waals surface area contributed by atoms with E-state index in [1.54, 1.807) is 12.3 Å². The standard InChI is InChI=1S/C9H11NO/c1-7(2)9-8(6-11)4-3-5-10-9/h3-5,11H,1,6H2,2H3. The van der Waals surface area contributed by atoms with Gasteiger partial charge in [-0.05, 0) is 18.6 Å². The number of hydrogen-bond donors (Lipinski definition) is 1. The van der Waals surface area contributed by atoms with E-state index in [1.165, 1.54) is 0 Å². The van der Waals surface area contributed by atoms with Crippen molar-refractivity contribution in [2.45, 2.75) is 13.5 Å². The highest BCUT2D eigenvalue weighted by Crippen LogP contribution is 2.13. The molecule has 0 aromatic carbocycles. The van der Waals surface area contributed by atoms with Gasteiger partial charge in [0.1, 0.15) is 0 Å². The lowest BCUT2D eigenvalue weighted by Gasteiger charge is -2.03. The molecule has 0 aliphatic carbocycles. The van der Waals surface area contributed by atoms with Crippen molar-refractivity contribution >= 4 is 5.57 Å². The van der Waals surface area contributed by atoms with Gasteiger partial charge < -0.3 is 5.11 Å². The highest BCUT2D eigenvalue weighted by atomic mass is 16.3. The summed E-state index contributed by atoms with van der Waals surface area (Å²) in [4.78, 5) is 4.09. The number of allylic oxidation sites excluding steroid dienone is 1. The van der Waals surface area contributed by atoms with E-state index >= 15 is 0 Å². The van der Waals surface area contributed by atoms with Gasteiger partial charge in [0.2, 0.25) is 0 Å². The quantitative estimate of drug-likeness (QED) is 0.693. The lowest BCUT2D eigenvalue weighted by Crippen LogP contribution is -1.93. The zero-order chi connectivity index (χ0) is 8.27. The van der Waals surface area contributed by atoms with Crippen LogP contribution in [0.3, 0.4) is 0 Å². The number of aliphatic hydroxyl groups excluding tert-OH is 1. The number of pyridine rings is 1. The smallest absolute Gasteiger partial charge is 0.0707 e. The largest absolute Gasteiger partial charge is 0.392 e. The van der Waals surface area contributed by atoms with Gasteiger partial charge in [-0.25, -0.2) is 0 Å². The minimum absolute atomic E-state index is 0.0238. The maximum atomic E-state index is 8.89. The van der Waals surface area contributed by atoms with Crippen molar-refractivity contribution in [1.82, 2.24) is 4.98 Å². The Labute approximate surface area is 66.2 Å². The van der Waals surface area contributed by atoms with Crippen molar-refractivity contribution in [1.29, 1.82) is 0 Å². The van der Waals surface area contributed by atoms with Crippen LogP contribution >= 0.6 is 0 Å². The molecule has 11 heavy (non-hydrogen) atoms. The summed E-state index contributed by atoms with van der Waals surface area (Å²) in [5.41, 5.74) is 2.52. The first kappa shape index (κ1) is 7.95. The van der Waals surface area contributed by atoms with Crippen LogP contribution < -0.4 is 0 Å². The lowest BCUT2D eigenvalue weighted by atomic mass is 10.1.